The molecule has 2 aromatic carbocycles. The lowest BCUT2D eigenvalue weighted by Crippen LogP contribution is -1.94. The zero-order valence-corrected chi connectivity index (χ0v) is 11.4. The van der Waals surface area contributed by atoms with Crippen LogP contribution < -0.4 is 0 Å². The van der Waals surface area contributed by atoms with Crippen molar-refractivity contribution in [2.75, 3.05) is 0 Å². The molecule has 0 aliphatic carbocycles. The molecule has 0 N–H and O–H groups in total. The maximum absolute atomic E-state index is 2.29. The maximum atomic E-state index is 2.29. The Morgan fingerprint density at radius 3 is 1.89 bits per heavy atom. The van der Waals surface area contributed by atoms with Crippen LogP contribution in [0, 0.1) is 0 Å². The highest BCUT2D eigenvalue weighted by molar-refractivity contribution is 5.26. The normalized spacial score (nSPS) is 12.3. The van der Waals surface area contributed by atoms with Gasteiger partial charge in [-0.05, 0) is 41.9 Å². The molecule has 94 valence electrons. The molecule has 0 spiro atoms. The zero-order chi connectivity index (χ0) is 12.8. The van der Waals surface area contributed by atoms with Gasteiger partial charge < -0.3 is 0 Å². The number of rotatable bonds is 5. The summed E-state index contributed by atoms with van der Waals surface area (Å²) in [5.74, 6) is 0.674. The van der Waals surface area contributed by atoms with E-state index >= 15 is 0 Å². The minimum atomic E-state index is 0.674. The zero-order valence-electron chi connectivity index (χ0n) is 11.4. The molecular weight excluding hydrogens is 216 g/mol. The first kappa shape index (κ1) is 12.9. The topological polar surface area (TPSA) is 0 Å². The van der Waals surface area contributed by atoms with Crippen molar-refractivity contribution in [3.63, 3.8) is 0 Å². The number of hydrogen-bond acceptors (Lipinski definition) is 0. The van der Waals surface area contributed by atoms with E-state index < -0.39 is 0 Å². The van der Waals surface area contributed by atoms with E-state index in [4.69, 9.17) is 0 Å². The predicted octanol–water partition coefficient (Wildman–Crippen LogP) is 4.99. The Labute approximate surface area is 111 Å². The maximum Gasteiger partial charge on any atom is -0.0193 e. The van der Waals surface area contributed by atoms with Crippen LogP contribution in [0.25, 0.3) is 0 Å². The Kier molecular flexibility index (Phi) is 4.58. The summed E-state index contributed by atoms with van der Waals surface area (Å²) in [5.41, 5.74) is 4.32. The van der Waals surface area contributed by atoms with E-state index in [0.717, 1.165) is 12.8 Å². The quantitative estimate of drug-likeness (QED) is 0.688. The van der Waals surface area contributed by atoms with Gasteiger partial charge in [-0.3, -0.25) is 0 Å². The molecule has 0 aromatic heterocycles. The van der Waals surface area contributed by atoms with Gasteiger partial charge in [-0.2, -0.15) is 0 Å². The molecule has 18 heavy (non-hydrogen) atoms. The van der Waals surface area contributed by atoms with Gasteiger partial charge in [-0.25, -0.2) is 0 Å². The second-order valence-corrected chi connectivity index (χ2v) is 5.04. The first-order chi connectivity index (χ1) is 8.79. The lowest BCUT2D eigenvalue weighted by molar-refractivity contribution is 0.733. The third kappa shape index (κ3) is 3.46. The Balaban J connectivity index is 1.94. The fourth-order valence-corrected chi connectivity index (χ4v) is 2.18. The summed E-state index contributed by atoms with van der Waals surface area (Å²) in [6, 6.07) is 19.8. The van der Waals surface area contributed by atoms with Crippen molar-refractivity contribution in [3.8, 4) is 0 Å². The SMILES string of the molecule is CCC(C)c1ccc(CCc2ccccc2)cc1. The molecule has 1 unspecified atom stereocenters. The predicted molar refractivity (Wildman–Crippen MR) is 79.0 cm³/mol. The third-order valence-electron chi connectivity index (χ3n) is 3.71. The molecule has 0 bridgehead atoms. The van der Waals surface area contributed by atoms with Crippen LogP contribution in [0.15, 0.2) is 54.6 Å². The molecule has 0 amide bonds. The van der Waals surface area contributed by atoms with Gasteiger partial charge in [0.15, 0.2) is 0 Å². The van der Waals surface area contributed by atoms with Gasteiger partial charge in [0, 0.05) is 0 Å². The average molecular weight is 238 g/mol. The molecule has 0 fully saturated rings. The molecular formula is C18H22. The van der Waals surface area contributed by atoms with Crippen LogP contribution in [0.4, 0.5) is 0 Å². The van der Waals surface area contributed by atoms with E-state index in [0.29, 0.717) is 5.92 Å². The number of aryl methyl sites for hydroxylation is 2. The van der Waals surface area contributed by atoms with Crippen LogP contribution in [-0.2, 0) is 12.8 Å². The van der Waals surface area contributed by atoms with E-state index in [2.05, 4.69) is 68.4 Å². The van der Waals surface area contributed by atoms with Crippen molar-refractivity contribution >= 4 is 0 Å². The van der Waals surface area contributed by atoms with Crippen LogP contribution in [0.1, 0.15) is 42.9 Å². The van der Waals surface area contributed by atoms with Crippen molar-refractivity contribution < 1.29 is 0 Å². The van der Waals surface area contributed by atoms with Gasteiger partial charge in [0.05, 0.1) is 0 Å². The van der Waals surface area contributed by atoms with Crippen molar-refractivity contribution in [2.24, 2.45) is 0 Å². The monoisotopic (exact) mass is 238 g/mol. The number of hydrogen-bond donors (Lipinski definition) is 0. The molecule has 0 nitrogen and oxygen atoms in total. The lowest BCUT2D eigenvalue weighted by atomic mass is 9.96. The third-order valence-corrected chi connectivity index (χ3v) is 3.71. The largest absolute Gasteiger partial charge is 0.0648 e. The molecule has 0 heterocycles. The summed E-state index contributed by atoms with van der Waals surface area (Å²) in [5, 5.41) is 0. The summed E-state index contributed by atoms with van der Waals surface area (Å²) >= 11 is 0. The molecule has 0 saturated carbocycles. The smallest absolute Gasteiger partial charge is 0.0193 e. The minimum absolute atomic E-state index is 0.674. The molecule has 0 aliphatic heterocycles. The summed E-state index contributed by atoms with van der Waals surface area (Å²) in [6.45, 7) is 4.53. The molecule has 0 heteroatoms. The van der Waals surface area contributed by atoms with E-state index in [-0.39, 0.29) is 0 Å². The van der Waals surface area contributed by atoms with Crippen molar-refractivity contribution in [2.45, 2.75) is 39.0 Å². The Hall–Kier alpha value is -1.56. The van der Waals surface area contributed by atoms with Gasteiger partial charge in [0.25, 0.3) is 0 Å². The summed E-state index contributed by atoms with van der Waals surface area (Å²) < 4.78 is 0. The van der Waals surface area contributed by atoms with E-state index in [1.807, 2.05) is 0 Å². The van der Waals surface area contributed by atoms with Gasteiger partial charge in [0.2, 0.25) is 0 Å². The van der Waals surface area contributed by atoms with E-state index in [1.165, 1.54) is 23.1 Å². The fourth-order valence-electron chi connectivity index (χ4n) is 2.18. The molecule has 0 aliphatic rings. The highest BCUT2D eigenvalue weighted by Gasteiger charge is 2.02. The second kappa shape index (κ2) is 6.39. The summed E-state index contributed by atoms with van der Waals surface area (Å²) in [7, 11) is 0. The Bertz CT molecular complexity index is 453. The molecule has 2 aromatic rings. The van der Waals surface area contributed by atoms with Gasteiger partial charge >= 0.3 is 0 Å². The van der Waals surface area contributed by atoms with Crippen molar-refractivity contribution in [3.05, 3.63) is 71.3 Å². The first-order valence-corrected chi connectivity index (χ1v) is 6.92. The fraction of sp³-hybridized carbons (Fsp3) is 0.333. The van der Waals surface area contributed by atoms with Gasteiger partial charge in [-0.1, -0.05) is 68.4 Å². The Morgan fingerprint density at radius 1 is 0.778 bits per heavy atom. The van der Waals surface area contributed by atoms with Crippen LogP contribution in [0.3, 0.4) is 0 Å². The van der Waals surface area contributed by atoms with Crippen LogP contribution in [0.2, 0.25) is 0 Å². The van der Waals surface area contributed by atoms with Crippen molar-refractivity contribution in [1.82, 2.24) is 0 Å². The van der Waals surface area contributed by atoms with Gasteiger partial charge in [-0.15, -0.1) is 0 Å². The molecule has 2 rings (SSSR count). The average Bonchev–Trinajstić information content (AvgIpc) is 2.46. The highest BCUT2D eigenvalue weighted by Crippen LogP contribution is 2.19. The van der Waals surface area contributed by atoms with Crippen LogP contribution >= 0.6 is 0 Å². The van der Waals surface area contributed by atoms with Crippen molar-refractivity contribution in [1.29, 1.82) is 0 Å². The molecule has 0 radical (unpaired) electrons. The number of benzene rings is 2. The molecule has 0 saturated heterocycles. The van der Waals surface area contributed by atoms with Gasteiger partial charge in [0.1, 0.15) is 0 Å². The Morgan fingerprint density at radius 2 is 1.33 bits per heavy atom. The van der Waals surface area contributed by atoms with Crippen LogP contribution in [-0.4, -0.2) is 0 Å². The van der Waals surface area contributed by atoms with E-state index in [1.54, 1.807) is 0 Å². The molecule has 1 atom stereocenters. The standard InChI is InChI=1S/C18H22/c1-3-15(2)18-13-11-17(12-14-18)10-9-16-7-5-4-6-8-16/h4-8,11-15H,3,9-10H2,1-2H3. The highest BCUT2D eigenvalue weighted by atomic mass is 14.1. The second-order valence-electron chi connectivity index (χ2n) is 5.04. The van der Waals surface area contributed by atoms with E-state index in [9.17, 15) is 0 Å². The lowest BCUT2D eigenvalue weighted by Gasteiger charge is -2.09. The summed E-state index contributed by atoms with van der Waals surface area (Å²) in [6.07, 6.45) is 3.47. The minimum Gasteiger partial charge on any atom is -0.0648 e. The van der Waals surface area contributed by atoms with Crippen LogP contribution in [0.5, 0.6) is 0 Å². The summed E-state index contributed by atoms with van der Waals surface area (Å²) in [4.78, 5) is 0. The first-order valence-electron chi connectivity index (χ1n) is 6.92.